The molecule has 1 saturated heterocycles. The Balaban J connectivity index is 1.21. The van der Waals surface area contributed by atoms with E-state index < -0.39 is 0 Å². The summed E-state index contributed by atoms with van der Waals surface area (Å²) in [6.45, 7) is 5.31. The lowest BCUT2D eigenvalue weighted by Crippen LogP contribution is -2.23. The molecule has 7 nitrogen and oxygen atoms in total. The van der Waals surface area contributed by atoms with Crippen LogP contribution in [0.2, 0.25) is 0 Å². The summed E-state index contributed by atoms with van der Waals surface area (Å²) >= 11 is 1.63. The highest BCUT2D eigenvalue weighted by Gasteiger charge is 2.24. The van der Waals surface area contributed by atoms with Crippen LogP contribution in [0.1, 0.15) is 28.6 Å². The first-order valence-corrected chi connectivity index (χ1v) is 11.5. The Morgan fingerprint density at radius 2 is 1.94 bits per heavy atom. The molecule has 0 bridgehead atoms. The molecule has 1 atom stereocenters. The zero-order valence-electron chi connectivity index (χ0n) is 17.3. The number of benzene rings is 1. The monoisotopic (exact) mass is 429 g/mol. The minimum Gasteiger partial charge on any atom is -0.302 e. The van der Waals surface area contributed by atoms with Crippen LogP contribution in [-0.4, -0.2) is 53.7 Å². The van der Waals surface area contributed by atoms with Gasteiger partial charge < -0.3 is 4.90 Å². The molecule has 5 aromatic rings. The normalized spacial score (nSPS) is 17.3. The summed E-state index contributed by atoms with van der Waals surface area (Å²) in [5.41, 5.74) is 4.24. The minimum atomic E-state index is 0.642. The number of fused-ring (bicyclic) bond motifs is 2. The van der Waals surface area contributed by atoms with Crippen molar-refractivity contribution >= 4 is 21.9 Å². The number of nitrogens with zero attached hydrogens (tertiary/aromatic N) is 7. The first kappa shape index (κ1) is 18.7. The van der Waals surface area contributed by atoms with E-state index in [9.17, 15) is 0 Å². The first-order valence-electron chi connectivity index (χ1n) is 10.7. The molecule has 0 spiro atoms. The third kappa shape index (κ3) is 3.32. The van der Waals surface area contributed by atoms with Gasteiger partial charge in [-0.2, -0.15) is 9.61 Å². The van der Waals surface area contributed by atoms with Crippen LogP contribution in [0.5, 0.6) is 0 Å². The predicted octanol–water partition coefficient (Wildman–Crippen LogP) is 3.84. The van der Waals surface area contributed by atoms with Crippen LogP contribution in [0.3, 0.4) is 0 Å². The number of pyridine rings is 1. The number of hydrogen-bond acceptors (Lipinski definition) is 6. The van der Waals surface area contributed by atoms with Crippen molar-refractivity contribution in [2.24, 2.45) is 0 Å². The maximum atomic E-state index is 4.86. The first-order chi connectivity index (χ1) is 15.3. The second kappa shape index (κ2) is 7.55. The number of imidazole rings is 1. The SMILES string of the molecule is Cc1nc2ccccn2c1-c1nnc2sc(CCN3CC[C@@H](c4ccccc4)C3)nn12. The Bertz CT molecular complexity index is 1350. The van der Waals surface area contributed by atoms with Gasteiger partial charge in [-0.3, -0.25) is 4.40 Å². The minimum absolute atomic E-state index is 0.642. The van der Waals surface area contributed by atoms with Gasteiger partial charge in [0.05, 0.1) is 5.69 Å². The van der Waals surface area contributed by atoms with Gasteiger partial charge in [0, 0.05) is 25.7 Å². The fraction of sp³-hybridized carbons (Fsp3) is 0.304. The lowest BCUT2D eigenvalue weighted by atomic mass is 9.99. The van der Waals surface area contributed by atoms with Crippen LogP contribution in [0.25, 0.3) is 22.1 Å². The summed E-state index contributed by atoms with van der Waals surface area (Å²) in [6.07, 6.45) is 4.17. The van der Waals surface area contributed by atoms with Crippen molar-refractivity contribution in [2.45, 2.75) is 25.7 Å². The Labute approximate surface area is 184 Å². The van der Waals surface area contributed by atoms with Crippen molar-refractivity contribution in [2.75, 3.05) is 19.6 Å². The Hall–Kier alpha value is -3.10. The summed E-state index contributed by atoms with van der Waals surface area (Å²) in [5, 5.41) is 14.8. The van der Waals surface area contributed by atoms with Crippen LogP contribution in [0, 0.1) is 6.92 Å². The summed E-state index contributed by atoms with van der Waals surface area (Å²) in [6, 6.07) is 16.9. The molecule has 4 aromatic heterocycles. The van der Waals surface area contributed by atoms with Crippen molar-refractivity contribution in [1.29, 1.82) is 0 Å². The van der Waals surface area contributed by atoms with Gasteiger partial charge in [-0.05, 0) is 43.5 Å². The Morgan fingerprint density at radius 3 is 2.84 bits per heavy atom. The Morgan fingerprint density at radius 1 is 1.06 bits per heavy atom. The van der Waals surface area contributed by atoms with Gasteiger partial charge in [0.1, 0.15) is 16.3 Å². The highest BCUT2D eigenvalue weighted by atomic mass is 32.1. The van der Waals surface area contributed by atoms with Crippen LogP contribution in [0.4, 0.5) is 0 Å². The van der Waals surface area contributed by atoms with E-state index >= 15 is 0 Å². The summed E-state index contributed by atoms with van der Waals surface area (Å²) in [5.74, 6) is 1.39. The standard InChI is InChI=1S/C23H23N7S/c1-16-21(29-12-6-5-9-19(29)24-16)22-25-26-23-30(22)27-20(31-23)11-14-28-13-10-18(15-28)17-7-3-2-4-8-17/h2-9,12,18H,10-11,13-15H2,1H3/t18-/m1/s1. The van der Waals surface area contributed by atoms with Gasteiger partial charge in [0.2, 0.25) is 10.8 Å². The summed E-state index contributed by atoms with van der Waals surface area (Å²) < 4.78 is 3.93. The van der Waals surface area contributed by atoms with Gasteiger partial charge in [-0.1, -0.05) is 47.7 Å². The lowest BCUT2D eigenvalue weighted by molar-refractivity contribution is 0.338. The molecule has 156 valence electrons. The number of aromatic nitrogens is 6. The van der Waals surface area contributed by atoms with Gasteiger partial charge in [-0.15, -0.1) is 10.2 Å². The van der Waals surface area contributed by atoms with E-state index in [0.717, 1.165) is 58.9 Å². The molecule has 1 aliphatic rings. The van der Waals surface area contributed by atoms with Gasteiger partial charge in [-0.25, -0.2) is 4.98 Å². The number of likely N-dealkylation sites (tertiary alicyclic amines) is 1. The van der Waals surface area contributed by atoms with Crippen LogP contribution in [0.15, 0.2) is 54.7 Å². The van der Waals surface area contributed by atoms with Gasteiger partial charge in [0.25, 0.3) is 0 Å². The van der Waals surface area contributed by atoms with E-state index in [1.54, 1.807) is 11.3 Å². The molecule has 31 heavy (non-hydrogen) atoms. The molecule has 1 aliphatic heterocycles. The molecule has 0 amide bonds. The largest absolute Gasteiger partial charge is 0.302 e. The quantitative estimate of drug-likeness (QED) is 0.425. The van der Waals surface area contributed by atoms with Crippen LogP contribution in [-0.2, 0) is 6.42 Å². The van der Waals surface area contributed by atoms with E-state index in [1.165, 1.54) is 12.0 Å². The molecule has 0 aliphatic carbocycles. The second-order valence-corrected chi connectivity index (χ2v) is 9.18. The zero-order chi connectivity index (χ0) is 20.8. The third-order valence-corrected chi connectivity index (χ3v) is 7.09. The molecule has 8 heteroatoms. The Kier molecular flexibility index (Phi) is 4.54. The van der Waals surface area contributed by atoms with Crippen molar-refractivity contribution in [1.82, 2.24) is 34.1 Å². The fourth-order valence-corrected chi connectivity index (χ4v) is 5.40. The average molecular weight is 430 g/mol. The maximum Gasteiger partial charge on any atom is 0.235 e. The predicted molar refractivity (Wildman–Crippen MR) is 122 cm³/mol. The molecule has 0 radical (unpaired) electrons. The molecule has 1 fully saturated rings. The van der Waals surface area contributed by atoms with Crippen molar-refractivity contribution in [3.8, 4) is 11.5 Å². The topological polar surface area (TPSA) is 63.6 Å². The average Bonchev–Trinajstić information content (AvgIpc) is 3.55. The zero-order valence-corrected chi connectivity index (χ0v) is 18.2. The number of rotatable bonds is 5. The van der Waals surface area contributed by atoms with E-state index in [4.69, 9.17) is 5.10 Å². The van der Waals surface area contributed by atoms with Crippen LogP contribution < -0.4 is 0 Å². The molecule has 0 unspecified atom stereocenters. The smallest absolute Gasteiger partial charge is 0.235 e. The van der Waals surface area contributed by atoms with E-state index in [-0.39, 0.29) is 0 Å². The van der Waals surface area contributed by atoms with Crippen molar-refractivity contribution < 1.29 is 0 Å². The van der Waals surface area contributed by atoms with Crippen LogP contribution >= 0.6 is 11.3 Å². The van der Waals surface area contributed by atoms with E-state index in [1.807, 2.05) is 35.8 Å². The molecular weight excluding hydrogens is 406 g/mol. The number of hydrogen-bond donors (Lipinski definition) is 0. The molecule has 5 heterocycles. The highest BCUT2D eigenvalue weighted by Crippen LogP contribution is 2.28. The van der Waals surface area contributed by atoms with Crippen molar-refractivity contribution in [3.63, 3.8) is 0 Å². The lowest BCUT2D eigenvalue weighted by Gasteiger charge is -2.15. The van der Waals surface area contributed by atoms with Gasteiger partial charge >= 0.3 is 0 Å². The molecular formula is C23H23N7S. The van der Waals surface area contributed by atoms with E-state index in [0.29, 0.717) is 5.92 Å². The molecule has 0 N–H and O–H groups in total. The maximum absolute atomic E-state index is 4.86. The summed E-state index contributed by atoms with van der Waals surface area (Å²) in [7, 11) is 0. The highest BCUT2D eigenvalue weighted by molar-refractivity contribution is 7.16. The number of aryl methyl sites for hydroxylation is 1. The van der Waals surface area contributed by atoms with Crippen molar-refractivity contribution in [3.05, 3.63) is 71.0 Å². The van der Waals surface area contributed by atoms with E-state index in [2.05, 4.69) is 54.8 Å². The summed E-state index contributed by atoms with van der Waals surface area (Å²) in [4.78, 5) is 8.04. The fourth-order valence-electron chi connectivity index (χ4n) is 4.57. The second-order valence-electron chi connectivity index (χ2n) is 8.14. The molecule has 1 aromatic carbocycles. The van der Waals surface area contributed by atoms with Gasteiger partial charge in [0.15, 0.2) is 0 Å². The third-order valence-electron chi connectivity index (χ3n) is 6.13. The molecule has 0 saturated carbocycles. The molecule has 6 rings (SSSR count).